The Morgan fingerprint density at radius 1 is 0.971 bits per heavy atom. The largest absolute Gasteiger partial charge is 0.381 e. The maximum absolute atomic E-state index is 14.7. The van der Waals surface area contributed by atoms with E-state index < -0.39 is 28.3 Å². The van der Waals surface area contributed by atoms with E-state index in [0.29, 0.717) is 19.8 Å². The molecule has 3 aromatic rings. The second-order valence-corrected chi connectivity index (χ2v) is 10.7. The van der Waals surface area contributed by atoms with Crippen molar-refractivity contribution in [1.82, 2.24) is 5.32 Å². The minimum atomic E-state index is -4.19. The van der Waals surface area contributed by atoms with Crippen LogP contribution in [0.15, 0.2) is 83.8 Å². The van der Waals surface area contributed by atoms with Crippen LogP contribution in [0.2, 0.25) is 0 Å². The molecule has 1 N–H and O–H groups in total. The van der Waals surface area contributed by atoms with Gasteiger partial charge in [-0.25, -0.2) is 12.8 Å². The molecule has 0 atom stereocenters. The lowest BCUT2D eigenvalue weighted by molar-refractivity contribution is -0.120. The molecule has 4 rings (SSSR count). The molecule has 0 bridgehead atoms. The van der Waals surface area contributed by atoms with Crippen LogP contribution in [-0.4, -0.2) is 40.6 Å². The molecule has 0 spiro atoms. The van der Waals surface area contributed by atoms with Gasteiger partial charge in [-0.1, -0.05) is 60.2 Å². The average molecular weight is 497 g/mol. The van der Waals surface area contributed by atoms with E-state index in [4.69, 9.17) is 4.74 Å². The second-order valence-electron chi connectivity index (χ2n) is 8.81. The number of sulfonamides is 1. The Labute approximate surface area is 205 Å². The van der Waals surface area contributed by atoms with Crippen LogP contribution in [0.3, 0.4) is 0 Å². The fraction of sp³-hybridized carbons (Fsp3) is 0.296. The SMILES string of the molecule is Cc1ccc(S(=O)(=O)N(CC(=O)NCC2(c3ccccc3)CCOCC2)c2ccccc2F)cc1. The van der Waals surface area contributed by atoms with Gasteiger partial charge in [-0.05, 0) is 49.6 Å². The Hall–Kier alpha value is -3.23. The van der Waals surface area contributed by atoms with Crippen molar-refractivity contribution >= 4 is 21.6 Å². The van der Waals surface area contributed by atoms with Crippen LogP contribution < -0.4 is 9.62 Å². The zero-order chi connectivity index (χ0) is 24.9. The van der Waals surface area contributed by atoms with Crippen molar-refractivity contribution in [3.63, 3.8) is 0 Å². The number of nitrogens with zero attached hydrogens (tertiary/aromatic N) is 1. The molecule has 8 heteroatoms. The van der Waals surface area contributed by atoms with E-state index in [1.54, 1.807) is 18.2 Å². The first-order valence-electron chi connectivity index (χ1n) is 11.6. The molecule has 35 heavy (non-hydrogen) atoms. The van der Waals surface area contributed by atoms with Crippen LogP contribution in [0.25, 0.3) is 0 Å². The third-order valence-corrected chi connectivity index (χ3v) is 8.25. The number of carbonyl (C=O) groups is 1. The first-order chi connectivity index (χ1) is 16.8. The number of hydrogen-bond donors (Lipinski definition) is 1. The highest BCUT2D eigenvalue weighted by molar-refractivity contribution is 7.92. The lowest BCUT2D eigenvalue weighted by Crippen LogP contribution is -2.48. The van der Waals surface area contributed by atoms with Gasteiger partial charge in [-0.15, -0.1) is 0 Å². The predicted octanol–water partition coefficient (Wildman–Crippen LogP) is 4.19. The highest BCUT2D eigenvalue weighted by atomic mass is 32.2. The molecular weight excluding hydrogens is 467 g/mol. The number of rotatable bonds is 8. The van der Waals surface area contributed by atoms with Crippen LogP contribution in [0.5, 0.6) is 0 Å². The summed E-state index contributed by atoms with van der Waals surface area (Å²) in [5.41, 5.74) is 1.50. The Morgan fingerprint density at radius 2 is 1.60 bits per heavy atom. The van der Waals surface area contributed by atoms with Crippen molar-refractivity contribution < 1.29 is 22.3 Å². The molecule has 184 valence electrons. The summed E-state index contributed by atoms with van der Waals surface area (Å²) in [5.74, 6) is -1.23. The Kier molecular flexibility index (Phi) is 7.52. The summed E-state index contributed by atoms with van der Waals surface area (Å²) in [6.45, 7) is 2.78. The van der Waals surface area contributed by atoms with Gasteiger partial charge in [0.25, 0.3) is 10.0 Å². The van der Waals surface area contributed by atoms with Gasteiger partial charge >= 0.3 is 0 Å². The molecule has 1 amide bonds. The molecule has 3 aromatic carbocycles. The highest BCUT2D eigenvalue weighted by Gasteiger charge is 2.35. The van der Waals surface area contributed by atoms with Crippen molar-refractivity contribution in [3.05, 3.63) is 95.8 Å². The van der Waals surface area contributed by atoms with Crippen LogP contribution in [0.4, 0.5) is 10.1 Å². The fourth-order valence-electron chi connectivity index (χ4n) is 4.37. The number of hydrogen-bond acceptors (Lipinski definition) is 4. The number of nitrogens with one attached hydrogen (secondary N) is 1. The number of halogens is 1. The monoisotopic (exact) mass is 496 g/mol. The van der Waals surface area contributed by atoms with E-state index in [2.05, 4.69) is 5.32 Å². The maximum atomic E-state index is 14.7. The van der Waals surface area contributed by atoms with Gasteiger partial charge in [-0.2, -0.15) is 0 Å². The average Bonchev–Trinajstić information content (AvgIpc) is 2.88. The summed E-state index contributed by atoms with van der Waals surface area (Å²) >= 11 is 0. The molecular formula is C27H29FN2O4S. The number of ether oxygens (including phenoxy) is 1. The van der Waals surface area contributed by atoms with E-state index in [9.17, 15) is 17.6 Å². The molecule has 1 saturated heterocycles. The number of para-hydroxylation sites is 1. The van der Waals surface area contributed by atoms with Crippen LogP contribution in [0, 0.1) is 12.7 Å². The quantitative estimate of drug-likeness (QED) is 0.507. The smallest absolute Gasteiger partial charge is 0.264 e. The standard InChI is InChI=1S/C27H29FN2O4S/c1-21-11-13-23(14-12-21)35(32,33)30(25-10-6-5-9-24(25)28)19-26(31)29-20-27(15-17-34-18-16-27)22-7-3-2-4-8-22/h2-14H,15-20H2,1H3,(H,29,31). The van der Waals surface area contributed by atoms with Crippen molar-refractivity contribution in [3.8, 4) is 0 Å². The Balaban J connectivity index is 1.59. The van der Waals surface area contributed by atoms with E-state index in [1.807, 2.05) is 37.3 Å². The van der Waals surface area contributed by atoms with Gasteiger partial charge in [0.05, 0.1) is 10.6 Å². The van der Waals surface area contributed by atoms with E-state index in [-0.39, 0.29) is 16.0 Å². The number of carbonyl (C=O) groups excluding carboxylic acids is 1. The summed E-state index contributed by atoms with van der Waals surface area (Å²) in [6, 6.07) is 21.7. The van der Waals surface area contributed by atoms with Gasteiger partial charge in [0.15, 0.2) is 0 Å². The molecule has 0 unspecified atom stereocenters. The molecule has 1 aliphatic heterocycles. The topological polar surface area (TPSA) is 75.7 Å². The molecule has 0 aromatic heterocycles. The number of aryl methyl sites for hydroxylation is 1. The number of anilines is 1. The third kappa shape index (κ3) is 5.55. The lowest BCUT2D eigenvalue weighted by atomic mass is 9.74. The summed E-state index contributed by atoms with van der Waals surface area (Å²) in [6.07, 6.45) is 1.46. The number of benzene rings is 3. The van der Waals surface area contributed by atoms with Gasteiger partial charge in [-0.3, -0.25) is 9.10 Å². The molecule has 1 heterocycles. The molecule has 0 aliphatic carbocycles. The summed E-state index contributed by atoms with van der Waals surface area (Å²) in [4.78, 5) is 13.1. The highest BCUT2D eigenvalue weighted by Crippen LogP contribution is 2.34. The minimum Gasteiger partial charge on any atom is -0.381 e. The summed E-state index contributed by atoms with van der Waals surface area (Å²) in [7, 11) is -4.19. The van der Waals surface area contributed by atoms with Crippen molar-refractivity contribution in [2.24, 2.45) is 0 Å². The predicted molar refractivity (Wildman–Crippen MR) is 133 cm³/mol. The fourth-order valence-corrected chi connectivity index (χ4v) is 5.80. The first kappa shape index (κ1) is 24.9. The van der Waals surface area contributed by atoms with Crippen LogP contribution in [-0.2, 0) is 25.0 Å². The van der Waals surface area contributed by atoms with E-state index >= 15 is 0 Å². The van der Waals surface area contributed by atoms with Crippen LogP contribution in [0.1, 0.15) is 24.0 Å². The Bertz CT molecular complexity index is 1260. The van der Waals surface area contributed by atoms with Crippen molar-refractivity contribution in [2.75, 3.05) is 30.6 Å². The third-order valence-electron chi connectivity index (χ3n) is 6.48. The van der Waals surface area contributed by atoms with Crippen molar-refractivity contribution in [2.45, 2.75) is 30.1 Å². The first-order valence-corrected chi connectivity index (χ1v) is 13.0. The van der Waals surface area contributed by atoms with E-state index in [0.717, 1.165) is 28.3 Å². The van der Waals surface area contributed by atoms with Gasteiger partial charge < -0.3 is 10.1 Å². The van der Waals surface area contributed by atoms with E-state index in [1.165, 1.54) is 30.3 Å². The van der Waals surface area contributed by atoms with Crippen LogP contribution >= 0.6 is 0 Å². The normalized spacial score (nSPS) is 15.4. The molecule has 6 nitrogen and oxygen atoms in total. The van der Waals surface area contributed by atoms with Crippen molar-refractivity contribution in [1.29, 1.82) is 0 Å². The maximum Gasteiger partial charge on any atom is 0.264 e. The Morgan fingerprint density at radius 3 is 2.26 bits per heavy atom. The van der Waals surface area contributed by atoms with Gasteiger partial charge in [0, 0.05) is 25.2 Å². The second kappa shape index (κ2) is 10.6. The van der Waals surface area contributed by atoms with Gasteiger partial charge in [0.2, 0.25) is 5.91 Å². The molecule has 0 saturated carbocycles. The zero-order valence-electron chi connectivity index (χ0n) is 19.6. The zero-order valence-corrected chi connectivity index (χ0v) is 20.4. The molecule has 1 aliphatic rings. The molecule has 1 fully saturated rings. The lowest BCUT2D eigenvalue weighted by Gasteiger charge is -2.38. The number of amides is 1. The minimum absolute atomic E-state index is 0.00987. The summed E-state index contributed by atoms with van der Waals surface area (Å²) < 4.78 is 48.1. The summed E-state index contributed by atoms with van der Waals surface area (Å²) in [5, 5.41) is 2.92. The molecule has 0 radical (unpaired) electrons. The van der Waals surface area contributed by atoms with Gasteiger partial charge in [0.1, 0.15) is 12.4 Å².